The van der Waals surface area contributed by atoms with Crippen molar-refractivity contribution in [3.63, 3.8) is 0 Å². The van der Waals surface area contributed by atoms with Gasteiger partial charge in [0.1, 0.15) is 0 Å². The third kappa shape index (κ3) is 3.84. The molecule has 0 radical (unpaired) electrons. The van der Waals surface area contributed by atoms with E-state index in [1.165, 1.54) is 49.1 Å². The maximum Gasteiger partial charge on any atom is 0.0235 e. The van der Waals surface area contributed by atoms with Crippen LogP contribution in [0, 0.1) is 5.92 Å². The van der Waals surface area contributed by atoms with Crippen LogP contribution in [0.5, 0.6) is 0 Å². The molecule has 0 atom stereocenters. The van der Waals surface area contributed by atoms with Gasteiger partial charge >= 0.3 is 0 Å². The number of nitrogens with zero attached hydrogens (tertiary/aromatic N) is 2. The highest BCUT2D eigenvalue weighted by molar-refractivity contribution is 5.82. The summed E-state index contributed by atoms with van der Waals surface area (Å²) >= 11 is 0. The van der Waals surface area contributed by atoms with Crippen molar-refractivity contribution in [2.45, 2.75) is 20.4 Å². The highest BCUT2D eigenvalue weighted by atomic mass is 15.3. The summed E-state index contributed by atoms with van der Waals surface area (Å²) in [4.78, 5) is 5.18. The van der Waals surface area contributed by atoms with E-state index in [0.29, 0.717) is 0 Å². The number of benzene rings is 2. The van der Waals surface area contributed by atoms with Gasteiger partial charge in [0.2, 0.25) is 0 Å². The molecule has 1 aliphatic rings. The predicted octanol–water partition coefficient (Wildman–Crippen LogP) is 3.61. The number of fused-ring (bicyclic) bond motifs is 1. The molecule has 1 saturated heterocycles. The highest BCUT2D eigenvalue weighted by Crippen LogP contribution is 2.17. The highest BCUT2D eigenvalue weighted by Gasteiger charge is 2.17. The lowest BCUT2D eigenvalue weighted by Gasteiger charge is -2.35. The normalized spacial score (nSPS) is 17.7. The molecular formula is C19H26N2. The lowest BCUT2D eigenvalue weighted by atomic mass is 10.1. The van der Waals surface area contributed by atoms with Crippen molar-refractivity contribution >= 4 is 10.8 Å². The van der Waals surface area contributed by atoms with Crippen LogP contribution in [0.4, 0.5) is 0 Å². The maximum absolute atomic E-state index is 2.60. The SMILES string of the molecule is CC(C)CN1CCN(Cc2ccc3ccccc3c2)CC1. The molecule has 0 bridgehead atoms. The minimum Gasteiger partial charge on any atom is -0.301 e. The van der Waals surface area contributed by atoms with Crippen LogP contribution in [0.15, 0.2) is 42.5 Å². The molecule has 0 aromatic heterocycles. The molecule has 2 nitrogen and oxygen atoms in total. The van der Waals surface area contributed by atoms with Crippen LogP contribution in [-0.4, -0.2) is 42.5 Å². The van der Waals surface area contributed by atoms with Gasteiger partial charge in [0.25, 0.3) is 0 Å². The van der Waals surface area contributed by atoms with Gasteiger partial charge in [-0.2, -0.15) is 0 Å². The van der Waals surface area contributed by atoms with Crippen LogP contribution >= 0.6 is 0 Å². The summed E-state index contributed by atoms with van der Waals surface area (Å²) in [5.74, 6) is 0.775. The van der Waals surface area contributed by atoms with Crippen molar-refractivity contribution in [3.05, 3.63) is 48.0 Å². The predicted molar refractivity (Wildman–Crippen MR) is 90.5 cm³/mol. The van der Waals surface area contributed by atoms with E-state index < -0.39 is 0 Å². The molecule has 0 unspecified atom stereocenters. The van der Waals surface area contributed by atoms with Crippen molar-refractivity contribution < 1.29 is 0 Å². The fourth-order valence-electron chi connectivity index (χ4n) is 3.24. The van der Waals surface area contributed by atoms with Crippen LogP contribution in [0.1, 0.15) is 19.4 Å². The second-order valence-electron chi connectivity index (χ2n) is 6.65. The largest absolute Gasteiger partial charge is 0.301 e. The second-order valence-corrected chi connectivity index (χ2v) is 6.65. The Labute approximate surface area is 128 Å². The third-order valence-corrected chi connectivity index (χ3v) is 4.31. The Morgan fingerprint density at radius 3 is 2.24 bits per heavy atom. The topological polar surface area (TPSA) is 6.48 Å². The van der Waals surface area contributed by atoms with Crippen molar-refractivity contribution in [2.75, 3.05) is 32.7 Å². The molecule has 0 saturated carbocycles. The molecule has 0 spiro atoms. The molecule has 1 heterocycles. The molecule has 0 aliphatic carbocycles. The van der Waals surface area contributed by atoms with Crippen LogP contribution in [0.2, 0.25) is 0 Å². The van der Waals surface area contributed by atoms with Gasteiger partial charge in [-0.3, -0.25) is 4.90 Å². The zero-order valence-corrected chi connectivity index (χ0v) is 13.3. The fourth-order valence-corrected chi connectivity index (χ4v) is 3.24. The van der Waals surface area contributed by atoms with Crippen LogP contribution < -0.4 is 0 Å². The molecule has 1 fully saturated rings. The van der Waals surface area contributed by atoms with E-state index in [1.54, 1.807) is 0 Å². The molecule has 0 amide bonds. The zero-order chi connectivity index (χ0) is 14.7. The van der Waals surface area contributed by atoms with E-state index in [-0.39, 0.29) is 0 Å². The Kier molecular flexibility index (Phi) is 4.57. The van der Waals surface area contributed by atoms with Gasteiger partial charge in [0.15, 0.2) is 0 Å². The van der Waals surface area contributed by atoms with Crippen molar-refractivity contribution in [3.8, 4) is 0 Å². The number of hydrogen-bond acceptors (Lipinski definition) is 2. The Balaban J connectivity index is 1.59. The molecule has 0 N–H and O–H groups in total. The van der Waals surface area contributed by atoms with E-state index in [2.05, 4.69) is 66.1 Å². The van der Waals surface area contributed by atoms with E-state index in [1.807, 2.05) is 0 Å². The summed E-state index contributed by atoms with van der Waals surface area (Å²) in [5, 5.41) is 2.69. The number of rotatable bonds is 4. The van der Waals surface area contributed by atoms with E-state index >= 15 is 0 Å². The summed E-state index contributed by atoms with van der Waals surface area (Å²) in [5.41, 5.74) is 1.44. The molecule has 3 rings (SSSR count). The summed E-state index contributed by atoms with van der Waals surface area (Å²) in [6.07, 6.45) is 0. The Morgan fingerprint density at radius 1 is 0.857 bits per heavy atom. The van der Waals surface area contributed by atoms with Crippen LogP contribution in [-0.2, 0) is 6.54 Å². The van der Waals surface area contributed by atoms with Gasteiger partial charge < -0.3 is 4.90 Å². The number of piperazine rings is 1. The molecule has 2 aromatic carbocycles. The smallest absolute Gasteiger partial charge is 0.0235 e. The second kappa shape index (κ2) is 6.59. The first kappa shape index (κ1) is 14.6. The van der Waals surface area contributed by atoms with Crippen molar-refractivity contribution in [2.24, 2.45) is 5.92 Å². The summed E-state index contributed by atoms with van der Waals surface area (Å²) < 4.78 is 0. The molecule has 2 heteroatoms. The third-order valence-electron chi connectivity index (χ3n) is 4.31. The van der Waals surface area contributed by atoms with Crippen molar-refractivity contribution in [1.29, 1.82) is 0 Å². The quantitative estimate of drug-likeness (QED) is 0.845. The fraction of sp³-hybridized carbons (Fsp3) is 0.474. The summed E-state index contributed by atoms with van der Waals surface area (Å²) in [7, 11) is 0. The Morgan fingerprint density at radius 2 is 1.52 bits per heavy atom. The van der Waals surface area contributed by atoms with Gasteiger partial charge in [-0.05, 0) is 28.3 Å². The van der Waals surface area contributed by atoms with Gasteiger partial charge in [0.05, 0.1) is 0 Å². The summed E-state index contributed by atoms with van der Waals surface area (Å²) in [6, 6.07) is 15.5. The standard InChI is InChI=1S/C19H26N2/c1-16(2)14-20-9-11-21(12-10-20)15-17-7-8-18-5-3-4-6-19(18)13-17/h3-8,13,16H,9-12,14-15H2,1-2H3. The van der Waals surface area contributed by atoms with Crippen molar-refractivity contribution in [1.82, 2.24) is 9.80 Å². The number of hydrogen-bond donors (Lipinski definition) is 0. The first-order valence-corrected chi connectivity index (χ1v) is 8.13. The lowest BCUT2D eigenvalue weighted by Crippen LogP contribution is -2.46. The molecule has 21 heavy (non-hydrogen) atoms. The molecular weight excluding hydrogens is 256 g/mol. The average Bonchev–Trinajstić information content (AvgIpc) is 2.49. The first-order chi connectivity index (χ1) is 10.2. The Bertz CT molecular complexity index is 583. The van der Waals surface area contributed by atoms with Gasteiger partial charge in [-0.1, -0.05) is 50.2 Å². The maximum atomic E-state index is 2.60. The van der Waals surface area contributed by atoms with Gasteiger partial charge in [-0.15, -0.1) is 0 Å². The van der Waals surface area contributed by atoms with E-state index in [0.717, 1.165) is 12.5 Å². The molecule has 112 valence electrons. The Hall–Kier alpha value is -1.38. The average molecular weight is 282 g/mol. The molecule has 1 aliphatic heterocycles. The van der Waals surface area contributed by atoms with E-state index in [4.69, 9.17) is 0 Å². The zero-order valence-electron chi connectivity index (χ0n) is 13.3. The monoisotopic (exact) mass is 282 g/mol. The minimum atomic E-state index is 0.775. The minimum absolute atomic E-state index is 0.775. The molecule has 2 aromatic rings. The summed E-state index contributed by atoms with van der Waals surface area (Å²) in [6.45, 7) is 11.8. The van der Waals surface area contributed by atoms with E-state index in [9.17, 15) is 0 Å². The van der Waals surface area contributed by atoms with Crippen LogP contribution in [0.25, 0.3) is 10.8 Å². The first-order valence-electron chi connectivity index (χ1n) is 8.13. The van der Waals surface area contributed by atoms with Gasteiger partial charge in [-0.25, -0.2) is 0 Å². The van der Waals surface area contributed by atoms with Crippen LogP contribution in [0.3, 0.4) is 0 Å². The van der Waals surface area contributed by atoms with Gasteiger partial charge in [0, 0.05) is 39.3 Å². The lowest BCUT2D eigenvalue weighted by molar-refractivity contribution is 0.117.